The molecule has 0 saturated carbocycles. The maximum Gasteiger partial charge on any atom is 0.258 e. The van der Waals surface area contributed by atoms with Gasteiger partial charge in [-0.05, 0) is 64.2 Å². The molecule has 1 saturated heterocycles. The molecule has 2 aromatic carbocycles. The van der Waals surface area contributed by atoms with Gasteiger partial charge in [-0.3, -0.25) is 9.89 Å². The molecule has 3 heterocycles. The van der Waals surface area contributed by atoms with Crippen LogP contribution in [0.1, 0.15) is 41.4 Å². The van der Waals surface area contributed by atoms with Gasteiger partial charge in [-0.25, -0.2) is 17.2 Å². The molecule has 0 aliphatic carbocycles. The number of nitrogens with one attached hydrogen (secondary N) is 4. The molecule has 11 nitrogen and oxygen atoms in total. The second-order valence-corrected chi connectivity index (χ2v) is 13.2. The number of sulfonamides is 1. The molecule has 1 fully saturated rings. The summed E-state index contributed by atoms with van der Waals surface area (Å²) < 4.78 is 60.7. The summed E-state index contributed by atoms with van der Waals surface area (Å²) >= 11 is 0. The molecule has 0 radical (unpaired) electrons. The molecule has 4 N–H and O–H groups in total. The van der Waals surface area contributed by atoms with Gasteiger partial charge in [0.2, 0.25) is 10.0 Å². The third-order valence-corrected chi connectivity index (χ3v) is 9.32. The summed E-state index contributed by atoms with van der Waals surface area (Å²) in [7, 11) is -0.187. The van der Waals surface area contributed by atoms with Gasteiger partial charge in [-0.15, -0.1) is 0 Å². The van der Waals surface area contributed by atoms with E-state index in [1.54, 1.807) is 6.07 Å². The van der Waals surface area contributed by atoms with Crippen LogP contribution in [0.5, 0.6) is 0 Å². The molecule has 0 spiro atoms. The van der Waals surface area contributed by atoms with Gasteiger partial charge < -0.3 is 25.6 Å². The highest BCUT2D eigenvalue weighted by Crippen LogP contribution is 2.30. The fraction of sp³-hybridized carbons (Fsp3) is 0.448. The highest BCUT2D eigenvalue weighted by Gasteiger charge is 2.32. The number of rotatable bonds is 10. The van der Waals surface area contributed by atoms with Gasteiger partial charge in [0, 0.05) is 80.1 Å². The third kappa shape index (κ3) is 7.32. The van der Waals surface area contributed by atoms with Crippen molar-refractivity contribution in [2.75, 3.05) is 56.3 Å². The van der Waals surface area contributed by atoms with Gasteiger partial charge >= 0.3 is 0 Å². The molecule has 2 aliphatic rings. The molecule has 1 atom stereocenters. The average Bonchev–Trinajstić information content (AvgIpc) is 3.34. The molecule has 1 aromatic heterocycles. The van der Waals surface area contributed by atoms with E-state index in [0.717, 1.165) is 41.5 Å². The molecular formula is C29H37F2N7O4S. The number of H-pyrrole nitrogens is 1. The van der Waals surface area contributed by atoms with Gasteiger partial charge in [0.05, 0.1) is 10.5 Å². The first kappa shape index (κ1) is 30.9. The third-order valence-electron chi connectivity index (χ3n) is 7.50. The molecule has 3 aromatic rings. The minimum absolute atomic E-state index is 0.0862. The average molecular weight is 618 g/mol. The Bertz CT molecular complexity index is 1550. The Hall–Kier alpha value is -3.59. The van der Waals surface area contributed by atoms with Gasteiger partial charge in [-0.1, -0.05) is 0 Å². The van der Waals surface area contributed by atoms with E-state index in [9.17, 15) is 22.0 Å². The van der Waals surface area contributed by atoms with Crippen molar-refractivity contribution >= 4 is 33.1 Å². The predicted molar refractivity (Wildman–Crippen MR) is 160 cm³/mol. The van der Waals surface area contributed by atoms with E-state index < -0.39 is 32.5 Å². The SMILES string of the molecule is CC(CN(C)C)Nc1ccc(C(=O)Nc2n[nH]c3c2CN(S(=O)(=O)c2cc(F)cc(F)c2)CC3)c(NC2CCOCC2)c1. The van der Waals surface area contributed by atoms with Crippen molar-refractivity contribution in [3.05, 3.63) is 64.9 Å². The summed E-state index contributed by atoms with van der Waals surface area (Å²) in [6.45, 7) is 4.15. The fourth-order valence-corrected chi connectivity index (χ4v) is 6.92. The van der Waals surface area contributed by atoms with E-state index in [1.165, 1.54) is 0 Å². The first-order valence-corrected chi connectivity index (χ1v) is 15.7. The zero-order chi connectivity index (χ0) is 30.7. The summed E-state index contributed by atoms with van der Waals surface area (Å²) in [5, 5.41) is 17.0. The normalized spacial score (nSPS) is 17.0. The molecule has 43 heavy (non-hydrogen) atoms. The van der Waals surface area contributed by atoms with Gasteiger partial charge in [-0.2, -0.15) is 9.40 Å². The molecular weight excluding hydrogens is 580 g/mol. The maximum absolute atomic E-state index is 13.8. The van der Waals surface area contributed by atoms with Crippen LogP contribution in [0, 0.1) is 11.6 Å². The van der Waals surface area contributed by atoms with E-state index in [0.29, 0.717) is 41.8 Å². The Morgan fingerprint density at radius 1 is 1.16 bits per heavy atom. The zero-order valence-electron chi connectivity index (χ0n) is 24.4. The van der Waals surface area contributed by atoms with Crippen LogP contribution in [0.15, 0.2) is 41.3 Å². The van der Waals surface area contributed by atoms with Crippen LogP contribution < -0.4 is 16.0 Å². The fourth-order valence-electron chi connectivity index (χ4n) is 5.47. The Morgan fingerprint density at radius 3 is 2.58 bits per heavy atom. The van der Waals surface area contributed by atoms with Crippen molar-refractivity contribution in [1.82, 2.24) is 19.4 Å². The lowest BCUT2D eigenvalue weighted by Gasteiger charge is -2.27. The maximum atomic E-state index is 13.8. The Labute approximate surface area is 250 Å². The standard InChI is InChI=1S/C29H37F2N7O4S/c1-18(16-37(2)3)32-22-4-5-24(27(15-22)33-21-7-10-42-11-8-21)29(39)34-28-25-17-38(9-6-26(25)35-36-28)43(40,41)23-13-19(30)12-20(31)14-23/h4-5,12-15,18,21,32-33H,6-11,16-17H2,1-3H3,(H2,34,35,36,39). The Morgan fingerprint density at radius 2 is 1.88 bits per heavy atom. The van der Waals surface area contributed by atoms with E-state index in [4.69, 9.17) is 4.74 Å². The number of nitrogens with zero attached hydrogens (tertiary/aromatic N) is 3. The van der Waals surface area contributed by atoms with Crippen LogP contribution in [0.4, 0.5) is 26.0 Å². The van der Waals surface area contributed by atoms with Crippen molar-refractivity contribution in [3.8, 4) is 0 Å². The minimum atomic E-state index is -4.20. The number of likely N-dealkylation sites (N-methyl/N-ethyl adjacent to an activating group) is 1. The van der Waals surface area contributed by atoms with Crippen LogP contribution in [0.2, 0.25) is 0 Å². The topological polar surface area (TPSA) is 132 Å². The van der Waals surface area contributed by atoms with Crippen LogP contribution >= 0.6 is 0 Å². The summed E-state index contributed by atoms with van der Waals surface area (Å²) in [6.07, 6.45) is 1.90. The first-order chi connectivity index (χ1) is 20.5. The largest absolute Gasteiger partial charge is 0.381 e. The zero-order valence-corrected chi connectivity index (χ0v) is 25.2. The van der Waals surface area contributed by atoms with E-state index in [-0.39, 0.29) is 37.4 Å². The van der Waals surface area contributed by atoms with Crippen LogP contribution in [0.25, 0.3) is 0 Å². The quantitative estimate of drug-likeness (QED) is 0.271. The summed E-state index contributed by atoms with van der Waals surface area (Å²) in [5.41, 5.74) is 3.11. The number of halogens is 2. The highest BCUT2D eigenvalue weighted by molar-refractivity contribution is 7.89. The van der Waals surface area contributed by atoms with Crippen molar-refractivity contribution in [1.29, 1.82) is 0 Å². The van der Waals surface area contributed by atoms with Crippen molar-refractivity contribution in [2.45, 2.75) is 49.7 Å². The number of carbonyl (C=O) groups is 1. The number of hydrogen-bond donors (Lipinski definition) is 4. The molecule has 0 bridgehead atoms. The van der Waals surface area contributed by atoms with Gasteiger partial charge in [0.1, 0.15) is 11.6 Å². The van der Waals surface area contributed by atoms with E-state index >= 15 is 0 Å². The number of aromatic amines is 1. The van der Waals surface area contributed by atoms with Gasteiger partial charge in [0.15, 0.2) is 5.82 Å². The lowest BCUT2D eigenvalue weighted by molar-refractivity contribution is 0.0904. The van der Waals surface area contributed by atoms with E-state index in [1.807, 2.05) is 26.2 Å². The van der Waals surface area contributed by atoms with Crippen LogP contribution in [-0.4, -0.2) is 86.2 Å². The Balaban J connectivity index is 1.37. The molecule has 2 aliphatic heterocycles. The van der Waals surface area contributed by atoms with Crippen LogP contribution in [-0.2, 0) is 27.7 Å². The molecule has 1 unspecified atom stereocenters. The molecule has 5 rings (SSSR count). The lowest BCUT2D eigenvalue weighted by atomic mass is 10.1. The number of fused-ring (bicyclic) bond motifs is 1. The number of ether oxygens (including phenoxy) is 1. The number of hydrogen-bond acceptors (Lipinski definition) is 8. The molecule has 232 valence electrons. The number of anilines is 3. The van der Waals surface area contributed by atoms with Crippen molar-refractivity contribution in [2.24, 2.45) is 0 Å². The number of amides is 1. The van der Waals surface area contributed by atoms with Gasteiger partial charge in [0.25, 0.3) is 5.91 Å². The number of aromatic nitrogens is 2. The lowest BCUT2D eigenvalue weighted by Crippen LogP contribution is -2.36. The summed E-state index contributed by atoms with van der Waals surface area (Å²) in [4.78, 5) is 15.3. The second kappa shape index (κ2) is 13.0. The smallest absolute Gasteiger partial charge is 0.258 e. The minimum Gasteiger partial charge on any atom is -0.381 e. The number of carbonyl (C=O) groups excluding carboxylic acids is 1. The Kier molecular flexibility index (Phi) is 9.30. The summed E-state index contributed by atoms with van der Waals surface area (Å²) in [6, 6.07) is 8.03. The monoisotopic (exact) mass is 617 g/mol. The van der Waals surface area contributed by atoms with Crippen molar-refractivity contribution < 1.29 is 26.7 Å². The highest BCUT2D eigenvalue weighted by atomic mass is 32.2. The van der Waals surface area contributed by atoms with E-state index in [2.05, 4.69) is 38.0 Å². The van der Waals surface area contributed by atoms with Crippen molar-refractivity contribution in [3.63, 3.8) is 0 Å². The number of benzene rings is 2. The summed E-state index contributed by atoms with van der Waals surface area (Å²) in [5.74, 6) is -2.18. The van der Waals surface area contributed by atoms with Crippen LogP contribution in [0.3, 0.4) is 0 Å². The molecule has 14 heteroatoms. The first-order valence-electron chi connectivity index (χ1n) is 14.2. The molecule has 1 amide bonds. The predicted octanol–water partition coefficient (Wildman–Crippen LogP) is 3.64. The second-order valence-electron chi connectivity index (χ2n) is 11.3.